The van der Waals surface area contributed by atoms with Crippen molar-refractivity contribution < 1.29 is 13.5 Å². The highest BCUT2D eigenvalue weighted by atomic mass is 19.2. The van der Waals surface area contributed by atoms with Crippen LogP contribution < -0.4 is 4.74 Å². The van der Waals surface area contributed by atoms with Crippen molar-refractivity contribution in [3.8, 4) is 5.75 Å². The zero-order chi connectivity index (χ0) is 22.1. The molecule has 1 aromatic rings. The van der Waals surface area contributed by atoms with Crippen LogP contribution in [0.3, 0.4) is 0 Å². The van der Waals surface area contributed by atoms with Gasteiger partial charge in [-0.15, -0.1) is 6.58 Å². The lowest BCUT2D eigenvalue weighted by molar-refractivity contribution is 0.288. The van der Waals surface area contributed by atoms with Crippen LogP contribution in [0.2, 0.25) is 0 Å². The molecule has 0 aromatic heterocycles. The first-order valence-corrected chi connectivity index (χ1v) is 12.2. The average molecular weight is 429 g/mol. The summed E-state index contributed by atoms with van der Waals surface area (Å²) in [5.74, 6) is 0.472. The number of allylic oxidation sites excluding steroid dienone is 5. The zero-order valence-electron chi connectivity index (χ0n) is 19.1. The topological polar surface area (TPSA) is 9.23 Å². The molecule has 0 spiro atoms. The Labute approximate surface area is 187 Å². The molecule has 2 aliphatic rings. The van der Waals surface area contributed by atoms with Gasteiger partial charge in [0.15, 0.2) is 11.6 Å². The van der Waals surface area contributed by atoms with E-state index >= 15 is 0 Å². The summed E-state index contributed by atoms with van der Waals surface area (Å²) in [6.45, 7) is 6.29. The molecule has 1 unspecified atom stereocenters. The Kier molecular flexibility index (Phi) is 9.36. The lowest BCUT2D eigenvalue weighted by Crippen LogP contribution is -2.13. The van der Waals surface area contributed by atoms with Gasteiger partial charge in [0.1, 0.15) is 0 Å². The maximum atomic E-state index is 14.6. The fourth-order valence-electron chi connectivity index (χ4n) is 4.83. The Balaban J connectivity index is 1.51. The summed E-state index contributed by atoms with van der Waals surface area (Å²) < 4.78 is 34.4. The maximum absolute atomic E-state index is 14.6. The summed E-state index contributed by atoms with van der Waals surface area (Å²) in [4.78, 5) is 0. The lowest BCUT2D eigenvalue weighted by Gasteiger charge is -2.27. The molecule has 0 heterocycles. The Morgan fingerprint density at radius 1 is 1.03 bits per heavy atom. The first-order valence-electron chi connectivity index (χ1n) is 12.2. The van der Waals surface area contributed by atoms with E-state index in [1.165, 1.54) is 32.1 Å². The number of halogens is 2. The van der Waals surface area contributed by atoms with Crippen molar-refractivity contribution in [1.29, 1.82) is 0 Å². The van der Waals surface area contributed by atoms with E-state index < -0.39 is 11.6 Å². The van der Waals surface area contributed by atoms with Gasteiger partial charge in [-0.2, -0.15) is 4.39 Å². The molecule has 0 aliphatic heterocycles. The Hall–Kier alpha value is -1.90. The van der Waals surface area contributed by atoms with Gasteiger partial charge < -0.3 is 4.74 Å². The van der Waals surface area contributed by atoms with Crippen molar-refractivity contribution in [3.05, 3.63) is 60.2 Å². The highest BCUT2D eigenvalue weighted by Crippen LogP contribution is 2.36. The van der Waals surface area contributed by atoms with Gasteiger partial charge >= 0.3 is 0 Å². The predicted molar refractivity (Wildman–Crippen MR) is 126 cm³/mol. The van der Waals surface area contributed by atoms with Crippen LogP contribution in [0.5, 0.6) is 5.75 Å². The van der Waals surface area contributed by atoms with Gasteiger partial charge in [-0.3, -0.25) is 0 Å². The van der Waals surface area contributed by atoms with E-state index in [9.17, 15) is 8.78 Å². The Morgan fingerprint density at radius 2 is 1.81 bits per heavy atom. The molecule has 1 nitrogen and oxygen atoms in total. The van der Waals surface area contributed by atoms with E-state index in [4.69, 9.17) is 4.74 Å². The van der Waals surface area contributed by atoms with E-state index in [1.54, 1.807) is 12.1 Å². The molecule has 31 heavy (non-hydrogen) atoms. The molecular weight excluding hydrogens is 390 g/mol. The predicted octanol–water partition coefficient (Wildman–Crippen LogP) is 8.66. The van der Waals surface area contributed by atoms with Gasteiger partial charge in [0.25, 0.3) is 0 Å². The number of unbranched alkanes of at least 4 members (excludes halogenated alkanes) is 1. The minimum atomic E-state index is -0.861. The molecule has 3 heteroatoms. The summed E-state index contributed by atoms with van der Waals surface area (Å²) in [5, 5.41) is 0. The van der Waals surface area contributed by atoms with E-state index in [0.29, 0.717) is 24.0 Å². The van der Waals surface area contributed by atoms with Gasteiger partial charge in [-0.05, 0) is 99.7 Å². The number of ether oxygens (including phenoxy) is 1. The minimum Gasteiger partial charge on any atom is -0.490 e. The van der Waals surface area contributed by atoms with E-state index in [0.717, 1.165) is 50.0 Å². The van der Waals surface area contributed by atoms with Crippen molar-refractivity contribution >= 4 is 5.57 Å². The molecule has 2 aliphatic carbocycles. The third-order valence-corrected chi connectivity index (χ3v) is 6.93. The molecule has 1 saturated carbocycles. The van der Waals surface area contributed by atoms with Gasteiger partial charge in [0, 0.05) is 5.56 Å². The van der Waals surface area contributed by atoms with Gasteiger partial charge in [-0.25, -0.2) is 4.39 Å². The van der Waals surface area contributed by atoms with E-state index in [1.807, 2.05) is 13.0 Å². The van der Waals surface area contributed by atoms with Crippen molar-refractivity contribution in [3.63, 3.8) is 0 Å². The van der Waals surface area contributed by atoms with Crippen LogP contribution in [0.25, 0.3) is 5.57 Å². The Bertz CT molecular complexity index is 771. The summed E-state index contributed by atoms with van der Waals surface area (Å²) in [5.41, 5.74) is 1.31. The van der Waals surface area contributed by atoms with E-state index in [-0.39, 0.29) is 5.75 Å². The van der Waals surface area contributed by atoms with Gasteiger partial charge in [-0.1, -0.05) is 37.6 Å². The van der Waals surface area contributed by atoms with E-state index in [2.05, 4.69) is 24.8 Å². The van der Waals surface area contributed by atoms with Crippen LogP contribution in [0.4, 0.5) is 8.78 Å². The first kappa shape index (κ1) is 23.8. The number of hydrogen-bond donors (Lipinski definition) is 0. The lowest BCUT2D eigenvalue weighted by atomic mass is 9.79. The maximum Gasteiger partial charge on any atom is 0.201 e. The summed E-state index contributed by atoms with van der Waals surface area (Å²) in [6.07, 6.45) is 21.1. The zero-order valence-corrected chi connectivity index (χ0v) is 19.1. The molecule has 0 radical (unpaired) electrons. The summed E-state index contributed by atoms with van der Waals surface area (Å²) >= 11 is 0. The molecule has 170 valence electrons. The van der Waals surface area contributed by atoms with Crippen LogP contribution in [0.1, 0.15) is 83.1 Å². The highest BCUT2D eigenvalue weighted by Gasteiger charge is 2.22. The summed E-state index contributed by atoms with van der Waals surface area (Å²) in [6, 6.07) is 3.24. The smallest absolute Gasteiger partial charge is 0.201 e. The van der Waals surface area contributed by atoms with Crippen LogP contribution in [0, 0.1) is 29.4 Å². The molecule has 0 N–H and O–H groups in total. The van der Waals surface area contributed by atoms with Gasteiger partial charge in [0.05, 0.1) is 6.61 Å². The van der Waals surface area contributed by atoms with Crippen molar-refractivity contribution in [1.82, 2.24) is 0 Å². The molecule has 0 amide bonds. The first-order chi connectivity index (χ1) is 15.1. The molecule has 1 fully saturated rings. The molecular formula is C28H38F2O. The van der Waals surface area contributed by atoms with Crippen molar-refractivity contribution in [2.24, 2.45) is 17.8 Å². The second kappa shape index (κ2) is 12.2. The quantitative estimate of drug-likeness (QED) is 0.267. The van der Waals surface area contributed by atoms with Crippen molar-refractivity contribution in [2.45, 2.75) is 77.6 Å². The molecule has 0 saturated heterocycles. The van der Waals surface area contributed by atoms with Crippen LogP contribution in [-0.2, 0) is 0 Å². The fourth-order valence-corrected chi connectivity index (χ4v) is 4.83. The molecule has 1 aromatic carbocycles. The normalized spacial score (nSPS) is 24.2. The second-order valence-electron chi connectivity index (χ2n) is 9.24. The number of hydrogen-bond acceptors (Lipinski definition) is 1. The Morgan fingerprint density at radius 3 is 2.48 bits per heavy atom. The number of benzene rings is 1. The average Bonchev–Trinajstić information content (AvgIpc) is 2.80. The highest BCUT2D eigenvalue weighted by molar-refractivity contribution is 5.67. The minimum absolute atomic E-state index is 0.0196. The SMILES string of the molecule is C=CCCC1CCC(C=CC2CC=C(c3ccc(OCCCC)c(F)c3F)CC2)CC1. The number of rotatable bonds is 10. The van der Waals surface area contributed by atoms with Gasteiger partial charge in [0.2, 0.25) is 5.82 Å². The molecule has 0 bridgehead atoms. The third-order valence-electron chi connectivity index (χ3n) is 6.93. The largest absolute Gasteiger partial charge is 0.490 e. The monoisotopic (exact) mass is 428 g/mol. The fraction of sp³-hybridized carbons (Fsp3) is 0.571. The van der Waals surface area contributed by atoms with Crippen LogP contribution in [0.15, 0.2) is 43.0 Å². The van der Waals surface area contributed by atoms with Crippen LogP contribution in [-0.4, -0.2) is 6.61 Å². The van der Waals surface area contributed by atoms with Crippen molar-refractivity contribution in [2.75, 3.05) is 6.61 Å². The third kappa shape index (κ3) is 6.79. The molecule has 3 rings (SSSR count). The molecule has 1 atom stereocenters. The van der Waals surface area contributed by atoms with Crippen LogP contribution >= 0.6 is 0 Å². The second-order valence-corrected chi connectivity index (χ2v) is 9.24. The summed E-state index contributed by atoms with van der Waals surface area (Å²) in [7, 11) is 0. The standard InChI is InChI=1S/C28H38F2O/c1-3-5-7-21-8-10-22(11-9-21)12-13-23-14-16-24(17-15-23)25-18-19-26(28(30)27(25)29)31-20-6-4-2/h3,12-13,16,18-19,21-23H,1,4-11,14-15,17,20H2,2H3.